The number of nitrogens with zero attached hydrogens (tertiary/aromatic N) is 3. The second-order valence-electron chi connectivity index (χ2n) is 8.42. The predicted octanol–water partition coefficient (Wildman–Crippen LogP) is 3.47. The maximum Gasteiger partial charge on any atom is 0.338 e. The van der Waals surface area contributed by atoms with Gasteiger partial charge in [0.05, 0.1) is 18.2 Å². The number of hydrogen-bond acceptors (Lipinski definition) is 7. The molecule has 1 aromatic heterocycles. The molecule has 3 aromatic rings. The van der Waals surface area contributed by atoms with Gasteiger partial charge >= 0.3 is 12.0 Å². The van der Waals surface area contributed by atoms with Gasteiger partial charge in [0.2, 0.25) is 0 Å². The maximum absolute atomic E-state index is 13.0. The average Bonchev–Trinajstić information content (AvgIpc) is 3.29. The Morgan fingerprint density at radius 2 is 1.89 bits per heavy atom. The fourth-order valence-corrected chi connectivity index (χ4v) is 4.54. The number of fused-ring (bicyclic) bond motifs is 1. The molecule has 2 amide bonds. The van der Waals surface area contributed by atoms with E-state index >= 15 is 0 Å². The Hall–Kier alpha value is -3.56. The first-order valence-electron chi connectivity index (χ1n) is 11.6. The number of urea groups is 1. The Kier molecular flexibility index (Phi) is 6.61. The molecule has 0 aliphatic carbocycles. The minimum Gasteiger partial charge on any atom is -0.463 e. The van der Waals surface area contributed by atoms with Crippen molar-refractivity contribution in [2.45, 2.75) is 13.0 Å². The Morgan fingerprint density at radius 3 is 2.60 bits per heavy atom. The van der Waals surface area contributed by atoms with Crippen LogP contribution < -0.4 is 15.5 Å². The van der Waals surface area contributed by atoms with Gasteiger partial charge in [0, 0.05) is 43.4 Å². The lowest BCUT2D eigenvalue weighted by Crippen LogP contribution is -2.51. The molecule has 1 atom stereocenters. The summed E-state index contributed by atoms with van der Waals surface area (Å²) in [5.74, 6) is -0.458. The highest BCUT2D eigenvalue weighted by atomic mass is 35.5. The highest BCUT2D eigenvalue weighted by Crippen LogP contribution is 2.29. The van der Waals surface area contributed by atoms with E-state index in [1.54, 1.807) is 31.2 Å². The van der Waals surface area contributed by atoms with Crippen LogP contribution in [0.1, 0.15) is 18.5 Å². The molecule has 0 unspecified atom stereocenters. The Morgan fingerprint density at radius 1 is 1.14 bits per heavy atom. The van der Waals surface area contributed by atoms with E-state index in [1.807, 2.05) is 24.3 Å². The number of oxazole rings is 1. The Labute approximate surface area is 207 Å². The SMILES string of the molecule is CCOC(=O)C1=C(CN2CCN(c3nc4ccccc4o3)CC2)NC(=O)N[C@@H]1c1ccc(Cl)cc1. The summed E-state index contributed by atoms with van der Waals surface area (Å²) in [6.07, 6.45) is 0. The summed E-state index contributed by atoms with van der Waals surface area (Å²) >= 11 is 6.04. The van der Waals surface area contributed by atoms with Crippen LogP contribution in [0.5, 0.6) is 0 Å². The van der Waals surface area contributed by atoms with E-state index in [0.29, 0.717) is 55.0 Å². The minimum atomic E-state index is -0.629. The molecule has 0 spiro atoms. The number of carbonyl (C=O) groups is 2. The number of benzene rings is 2. The van der Waals surface area contributed by atoms with E-state index in [-0.39, 0.29) is 12.6 Å². The first-order chi connectivity index (χ1) is 17.0. The highest BCUT2D eigenvalue weighted by molar-refractivity contribution is 6.30. The van der Waals surface area contributed by atoms with Gasteiger partial charge < -0.3 is 24.7 Å². The molecule has 0 bridgehead atoms. The topological polar surface area (TPSA) is 99.9 Å². The van der Waals surface area contributed by atoms with Gasteiger partial charge in [0.15, 0.2) is 5.58 Å². The Balaban J connectivity index is 1.35. The Bertz CT molecular complexity index is 1230. The third-order valence-corrected chi connectivity index (χ3v) is 6.41. The summed E-state index contributed by atoms with van der Waals surface area (Å²) in [5.41, 5.74) is 3.29. The summed E-state index contributed by atoms with van der Waals surface area (Å²) in [6.45, 7) is 5.26. The van der Waals surface area contributed by atoms with Crippen LogP contribution >= 0.6 is 11.6 Å². The van der Waals surface area contributed by atoms with Crippen molar-refractivity contribution < 1.29 is 18.7 Å². The van der Waals surface area contributed by atoms with Gasteiger partial charge in [-0.15, -0.1) is 0 Å². The van der Waals surface area contributed by atoms with Gasteiger partial charge in [-0.25, -0.2) is 9.59 Å². The van der Waals surface area contributed by atoms with Crippen LogP contribution in [0.25, 0.3) is 11.1 Å². The molecule has 1 fully saturated rings. The van der Waals surface area contributed by atoms with Crippen LogP contribution in [0.2, 0.25) is 5.02 Å². The van der Waals surface area contributed by atoms with Crippen molar-refractivity contribution in [2.75, 3.05) is 44.2 Å². The van der Waals surface area contributed by atoms with Crippen molar-refractivity contribution in [2.24, 2.45) is 0 Å². The van der Waals surface area contributed by atoms with Crippen molar-refractivity contribution in [1.29, 1.82) is 0 Å². The van der Waals surface area contributed by atoms with Gasteiger partial charge in [-0.2, -0.15) is 4.98 Å². The summed E-state index contributed by atoms with van der Waals surface area (Å²) in [5, 5.41) is 6.27. The molecule has 2 aliphatic heterocycles. The number of carbonyl (C=O) groups excluding carboxylic acids is 2. The zero-order valence-electron chi connectivity index (χ0n) is 19.3. The van der Waals surface area contributed by atoms with Crippen molar-refractivity contribution in [3.8, 4) is 0 Å². The number of para-hydroxylation sites is 2. The first kappa shape index (κ1) is 23.2. The minimum absolute atomic E-state index is 0.236. The zero-order valence-corrected chi connectivity index (χ0v) is 20.0. The number of piperazine rings is 1. The summed E-state index contributed by atoms with van der Waals surface area (Å²) in [6, 6.07) is 14.4. The van der Waals surface area contributed by atoms with E-state index in [9.17, 15) is 9.59 Å². The molecule has 35 heavy (non-hydrogen) atoms. The lowest BCUT2D eigenvalue weighted by atomic mass is 9.95. The molecule has 2 aliphatic rings. The second-order valence-corrected chi connectivity index (χ2v) is 8.86. The lowest BCUT2D eigenvalue weighted by Gasteiger charge is -2.36. The number of nitrogens with one attached hydrogen (secondary N) is 2. The third kappa shape index (κ3) is 4.96. The number of halogens is 1. The largest absolute Gasteiger partial charge is 0.463 e. The van der Waals surface area contributed by atoms with Gasteiger partial charge in [0.25, 0.3) is 6.01 Å². The van der Waals surface area contributed by atoms with Gasteiger partial charge in [-0.05, 0) is 36.8 Å². The number of anilines is 1. The van der Waals surface area contributed by atoms with Crippen LogP contribution in [-0.2, 0) is 9.53 Å². The molecular formula is C25H26ClN5O4. The van der Waals surface area contributed by atoms with Crippen LogP contribution in [0.3, 0.4) is 0 Å². The fourth-order valence-electron chi connectivity index (χ4n) is 4.41. The zero-order chi connectivity index (χ0) is 24.4. The molecule has 1 saturated heterocycles. The second kappa shape index (κ2) is 9.97. The molecule has 182 valence electrons. The number of aromatic nitrogens is 1. The van der Waals surface area contributed by atoms with Crippen LogP contribution in [0.15, 0.2) is 64.2 Å². The molecule has 2 N–H and O–H groups in total. The summed E-state index contributed by atoms with van der Waals surface area (Å²) in [7, 11) is 0. The van der Waals surface area contributed by atoms with Crippen LogP contribution in [0, 0.1) is 0 Å². The van der Waals surface area contributed by atoms with Gasteiger partial charge in [-0.1, -0.05) is 35.9 Å². The summed E-state index contributed by atoms with van der Waals surface area (Å²) in [4.78, 5) is 34.4. The van der Waals surface area contributed by atoms with Crippen molar-refractivity contribution in [3.63, 3.8) is 0 Å². The van der Waals surface area contributed by atoms with Crippen molar-refractivity contribution in [3.05, 3.63) is 70.4 Å². The number of esters is 1. The van der Waals surface area contributed by atoms with E-state index in [1.165, 1.54) is 0 Å². The number of amides is 2. The molecular weight excluding hydrogens is 470 g/mol. The smallest absolute Gasteiger partial charge is 0.338 e. The number of hydrogen-bond donors (Lipinski definition) is 2. The maximum atomic E-state index is 13.0. The molecule has 0 saturated carbocycles. The lowest BCUT2D eigenvalue weighted by molar-refractivity contribution is -0.139. The molecule has 3 heterocycles. The van der Waals surface area contributed by atoms with E-state index in [0.717, 1.165) is 16.7 Å². The van der Waals surface area contributed by atoms with Gasteiger partial charge in [-0.3, -0.25) is 4.90 Å². The third-order valence-electron chi connectivity index (χ3n) is 6.16. The molecule has 9 nitrogen and oxygen atoms in total. The molecule has 2 aromatic carbocycles. The number of rotatable bonds is 6. The highest BCUT2D eigenvalue weighted by Gasteiger charge is 2.35. The molecule has 5 rings (SSSR count). The van der Waals surface area contributed by atoms with Crippen LogP contribution in [0.4, 0.5) is 10.8 Å². The van der Waals surface area contributed by atoms with Crippen molar-refractivity contribution >= 4 is 40.7 Å². The monoisotopic (exact) mass is 495 g/mol. The van der Waals surface area contributed by atoms with Crippen molar-refractivity contribution in [1.82, 2.24) is 20.5 Å². The predicted molar refractivity (Wildman–Crippen MR) is 132 cm³/mol. The summed E-state index contributed by atoms with van der Waals surface area (Å²) < 4.78 is 11.3. The average molecular weight is 496 g/mol. The van der Waals surface area contributed by atoms with Gasteiger partial charge in [0.1, 0.15) is 5.52 Å². The van der Waals surface area contributed by atoms with Crippen LogP contribution in [-0.4, -0.2) is 61.2 Å². The fraction of sp³-hybridized carbons (Fsp3) is 0.320. The first-order valence-corrected chi connectivity index (χ1v) is 12.0. The van der Waals surface area contributed by atoms with E-state index in [4.69, 9.17) is 20.8 Å². The van der Waals surface area contributed by atoms with E-state index < -0.39 is 12.0 Å². The standard InChI is InChI=1S/C25H26ClN5O4/c1-2-34-23(32)21-19(27-24(33)29-22(21)16-7-9-17(26)10-8-16)15-30-11-13-31(14-12-30)25-28-18-5-3-4-6-20(18)35-25/h3-10,22H,2,11-15H2,1H3,(H2,27,29,33)/t22-/m1/s1. The normalized spacial score (nSPS) is 19.0. The number of ether oxygens (including phenoxy) is 1. The quantitative estimate of drug-likeness (QED) is 0.505. The van der Waals surface area contributed by atoms with E-state index in [2.05, 4.69) is 25.4 Å². The molecule has 10 heteroatoms. The molecule has 0 radical (unpaired) electrons.